The van der Waals surface area contributed by atoms with Crippen molar-refractivity contribution < 1.29 is 18.7 Å². The molecule has 2 N–H and O–H groups in total. The third kappa shape index (κ3) is 6.84. The number of para-hydroxylation sites is 1. The predicted octanol–water partition coefficient (Wildman–Crippen LogP) is 3.69. The maximum absolute atomic E-state index is 12.3. The van der Waals surface area contributed by atoms with Gasteiger partial charge in [-0.3, -0.25) is 9.59 Å². The zero-order valence-electron chi connectivity index (χ0n) is 16.1. The summed E-state index contributed by atoms with van der Waals surface area (Å²) in [4.78, 5) is 24.3. The number of carbonyl (C=O) groups is 2. The second kappa shape index (κ2) is 10.7. The van der Waals surface area contributed by atoms with E-state index in [0.717, 1.165) is 11.3 Å². The molecule has 6 nitrogen and oxygen atoms in total. The van der Waals surface area contributed by atoms with Crippen LogP contribution >= 0.6 is 0 Å². The monoisotopic (exact) mass is 392 g/mol. The van der Waals surface area contributed by atoms with Crippen LogP contribution in [0.4, 0.5) is 0 Å². The summed E-state index contributed by atoms with van der Waals surface area (Å²) in [5, 5.41) is 5.68. The maximum atomic E-state index is 12.3. The Morgan fingerprint density at radius 1 is 0.897 bits per heavy atom. The molecule has 150 valence electrons. The zero-order chi connectivity index (χ0) is 20.3. The van der Waals surface area contributed by atoms with E-state index >= 15 is 0 Å². The smallest absolute Gasteiger partial charge is 0.251 e. The number of carbonyl (C=O) groups excluding carboxylic acids is 2. The van der Waals surface area contributed by atoms with Gasteiger partial charge in [-0.05, 0) is 48.4 Å². The van der Waals surface area contributed by atoms with Gasteiger partial charge in [0, 0.05) is 18.5 Å². The van der Waals surface area contributed by atoms with Crippen molar-refractivity contribution in [2.24, 2.45) is 0 Å². The molecule has 0 radical (unpaired) electrons. The fourth-order valence-corrected chi connectivity index (χ4v) is 2.73. The molecule has 1 heterocycles. The fourth-order valence-electron chi connectivity index (χ4n) is 2.73. The van der Waals surface area contributed by atoms with E-state index in [2.05, 4.69) is 10.6 Å². The Morgan fingerprint density at radius 3 is 2.55 bits per heavy atom. The average molecular weight is 392 g/mol. The second-order valence-corrected chi connectivity index (χ2v) is 6.50. The molecule has 0 fully saturated rings. The van der Waals surface area contributed by atoms with E-state index in [1.807, 2.05) is 36.4 Å². The van der Waals surface area contributed by atoms with Gasteiger partial charge in [0.05, 0.1) is 19.4 Å². The van der Waals surface area contributed by atoms with E-state index in [0.29, 0.717) is 43.9 Å². The summed E-state index contributed by atoms with van der Waals surface area (Å²) < 4.78 is 10.8. The van der Waals surface area contributed by atoms with Crippen molar-refractivity contribution in [3.63, 3.8) is 0 Å². The van der Waals surface area contributed by atoms with Crippen molar-refractivity contribution in [1.29, 1.82) is 0 Å². The first-order valence-corrected chi connectivity index (χ1v) is 9.55. The molecule has 0 unspecified atom stereocenters. The van der Waals surface area contributed by atoms with E-state index < -0.39 is 0 Å². The molecule has 2 aromatic carbocycles. The Morgan fingerprint density at radius 2 is 1.76 bits per heavy atom. The van der Waals surface area contributed by atoms with Crippen LogP contribution in [-0.4, -0.2) is 18.4 Å². The average Bonchev–Trinajstić information content (AvgIpc) is 3.28. The van der Waals surface area contributed by atoms with Crippen molar-refractivity contribution in [2.45, 2.75) is 25.9 Å². The highest BCUT2D eigenvalue weighted by molar-refractivity contribution is 5.94. The third-order valence-corrected chi connectivity index (χ3v) is 4.24. The number of furan rings is 1. The normalized spacial score (nSPS) is 10.3. The Hall–Kier alpha value is -3.54. The molecular formula is C23H24N2O4. The van der Waals surface area contributed by atoms with Gasteiger partial charge in [-0.15, -0.1) is 0 Å². The Kier molecular flexibility index (Phi) is 7.46. The summed E-state index contributed by atoms with van der Waals surface area (Å²) in [5.74, 6) is 1.26. The minimum absolute atomic E-state index is 0.0469. The molecule has 6 heteroatoms. The van der Waals surface area contributed by atoms with Crippen LogP contribution in [0.1, 0.15) is 34.5 Å². The summed E-state index contributed by atoms with van der Waals surface area (Å²) in [7, 11) is 0. The Balaban J connectivity index is 1.38. The molecule has 29 heavy (non-hydrogen) atoms. The summed E-state index contributed by atoms with van der Waals surface area (Å²) >= 11 is 0. The first-order chi connectivity index (χ1) is 14.2. The highest BCUT2D eigenvalue weighted by atomic mass is 16.5. The van der Waals surface area contributed by atoms with Crippen LogP contribution in [0.15, 0.2) is 77.4 Å². The molecule has 1 aromatic heterocycles. The first kappa shape index (κ1) is 20.2. The van der Waals surface area contributed by atoms with Gasteiger partial charge in [0.2, 0.25) is 5.91 Å². The fraction of sp³-hybridized carbons (Fsp3) is 0.217. The standard InChI is InChI=1S/C23H24N2O4/c26-22(12-6-14-28-20-9-2-1-3-10-20)24-16-18-7-4-8-19(15-18)23(27)25-17-21-11-5-13-29-21/h1-5,7-11,13,15H,6,12,14,16-17H2,(H,24,26)(H,25,27). The van der Waals surface area contributed by atoms with E-state index in [4.69, 9.17) is 9.15 Å². The lowest BCUT2D eigenvalue weighted by Crippen LogP contribution is -2.24. The molecule has 2 amide bonds. The number of amides is 2. The van der Waals surface area contributed by atoms with Crippen molar-refractivity contribution in [1.82, 2.24) is 10.6 Å². The van der Waals surface area contributed by atoms with Crippen LogP contribution < -0.4 is 15.4 Å². The summed E-state index contributed by atoms with van der Waals surface area (Å²) in [6.07, 6.45) is 2.59. The molecule has 0 bridgehead atoms. The lowest BCUT2D eigenvalue weighted by molar-refractivity contribution is -0.121. The van der Waals surface area contributed by atoms with Gasteiger partial charge in [0.15, 0.2) is 0 Å². The van der Waals surface area contributed by atoms with E-state index in [1.165, 1.54) is 0 Å². The Labute approximate surface area is 169 Å². The van der Waals surface area contributed by atoms with Gasteiger partial charge >= 0.3 is 0 Å². The second-order valence-electron chi connectivity index (χ2n) is 6.50. The lowest BCUT2D eigenvalue weighted by atomic mass is 10.1. The highest BCUT2D eigenvalue weighted by Gasteiger charge is 2.08. The molecule has 3 rings (SSSR count). The van der Waals surface area contributed by atoms with Gasteiger partial charge < -0.3 is 19.8 Å². The lowest BCUT2D eigenvalue weighted by Gasteiger charge is -2.09. The Bertz CT molecular complexity index is 908. The van der Waals surface area contributed by atoms with Crippen molar-refractivity contribution in [3.8, 4) is 5.75 Å². The predicted molar refractivity (Wildman–Crippen MR) is 109 cm³/mol. The molecule has 0 saturated heterocycles. The van der Waals surface area contributed by atoms with Crippen LogP contribution in [0.5, 0.6) is 5.75 Å². The molecule has 0 atom stereocenters. The largest absolute Gasteiger partial charge is 0.494 e. The third-order valence-electron chi connectivity index (χ3n) is 4.24. The minimum atomic E-state index is -0.187. The van der Waals surface area contributed by atoms with Crippen molar-refractivity contribution in [3.05, 3.63) is 89.9 Å². The number of benzene rings is 2. The molecular weight excluding hydrogens is 368 g/mol. The highest BCUT2D eigenvalue weighted by Crippen LogP contribution is 2.09. The number of ether oxygens (including phenoxy) is 1. The molecule has 0 spiro atoms. The maximum Gasteiger partial charge on any atom is 0.251 e. The van der Waals surface area contributed by atoms with Crippen LogP contribution in [0.3, 0.4) is 0 Å². The van der Waals surface area contributed by atoms with Crippen LogP contribution in [0.2, 0.25) is 0 Å². The summed E-state index contributed by atoms with van der Waals surface area (Å²) in [5.41, 5.74) is 1.41. The summed E-state index contributed by atoms with van der Waals surface area (Å²) in [6.45, 7) is 1.19. The van der Waals surface area contributed by atoms with Crippen LogP contribution in [0.25, 0.3) is 0 Å². The molecule has 0 aliphatic rings. The quantitative estimate of drug-likeness (QED) is 0.516. The van der Waals surface area contributed by atoms with Gasteiger partial charge in [0.1, 0.15) is 11.5 Å². The molecule has 0 saturated carbocycles. The molecule has 0 aliphatic carbocycles. The SMILES string of the molecule is O=C(CCCOc1ccccc1)NCc1cccc(C(=O)NCc2ccco2)c1. The van der Waals surface area contributed by atoms with Crippen LogP contribution in [-0.2, 0) is 17.9 Å². The van der Waals surface area contributed by atoms with Crippen LogP contribution in [0, 0.1) is 0 Å². The summed E-state index contributed by atoms with van der Waals surface area (Å²) in [6, 6.07) is 20.3. The zero-order valence-corrected chi connectivity index (χ0v) is 16.1. The number of hydrogen-bond acceptors (Lipinski definition) is 4. The first-order valence-electron chi connectivity index (χ1n) is 9.55. The van der Waals surface area contributed by atoms with E-state index in [1.54, 1.807) is 36.6 Å². The van der Waals surface area contributed by atoms with Crippen molar-refractivity contribution >= 4 is 11.8 Å². The van der Waals surface area contributed by atoms with E-state index in [-0.39, 0.29) is 11.8 Å². The van der Waals surface area contributed by atoms with Gasteiger partial charge in [-0.25, -0.2) is 0 Å². The number of hydrogen-bond donors (Lipinski definition) is 2. The van der Waals surface area contributed by atoms with Gasteiger partial charge in [-0.1, -0.05) is 30.3 Å². The molecule has 0 aliphatic heterocycles. The van der Waals surface area contributed by atoms with Gasteiger partial charge in [-0.2, -0.15) is 0 Å². The molecule has 3 aromatic rings. The van der Waals surface area contributed by atoms with Crippen molar-refractivity contribution in [2.75, 3.05) is 6.61 Å². The topological polar surface area (TPSA) is 80.6 Å². The minimum Gasteiger partial charge on any atom is -0.494 e. The number of nitrogens with one attached hydrogen (secondary N) is 2. The van der Waals surface area contributed by atoms with E-state index in [9.17, 15) is 9.59 Å². The number of rotatable bonds is 10. The van der Waals surface area contributed by atoms with Gasteiger partial charge in [0.25, 0.3) is 5.91 Å².